The minimum Gasteiger partial charge on any atom is -0.393 e. The molecule has 23 heavy (non-hydrogen) atoms. The number of anilines is 1. The van der Waals surface area contributed by atoms with Crippen molar-refractivity contribution in [2.24, 2.45) is 5.92 Å². The number of urea groups is 1. The van der Waals surface area contributed by atoms with Crippen molar-refractivity contribution >= 4 is 11.8 Å². The summed E-state index contributed by atoms with van der Waals surface area (Å²) in [5.41, 5.74) is 1.99. The van der Waals surface area contributed by atoms with Crippen LogP contribution in [0.25, 0.3) is 5.69 Å². The summed E-state index contributed by atoms with van der Waals surface area (Å²) in [6.45, 7) is 6.31. The maximum absolute atomic E-state index is 12.0. The van der Waals surface area contributed by atoms with Crippen LogP contribution in [0.4, 0.5) is 10.6 Å². The standard InChI is InChI=1S/C17H24N4O2/c1-12(2)15(22)8-10-18-17(23)20-16-9-11-19-21(16)14-7-5-4-6-13(14)3/h4-7,9,11-12,15,22H,8,10H2,1-3H3,(H2,18,20,23). The molecule has 0 fully saturated rings. The molecule has 6 heteroatoms. The number of amides is 2. The highest BCUT2D eigenvalue weighted by Crippen LogP contribution is 2.18. The Bertz CT molecular complexity index is 652. The highest BCUT2D eigenvalue weighted by molar-refractivity contribution is 5.88. The summed E-state index contributed by atoms with van der Waals surface area (Å²) in [7, 11) is 0. The average Bonchev–Trinajstić information content (AvgIpc) is 2.95. The lowest BCUT2D eigenvalue weighted by atomic mass is 10.0. The van der Waals surface area contributed by atoms with E-state index in [0.717, 1.165) is 11.3 Å². The number of para-hydroxylation sites is 1. The topological polar surface area (TPSA) is 79.2 Å². The molecule has 0 spiro atoms. The summed E-state index contributed by atoms with van der Waals surface area (Å²) in [6, 6.07) is 9.27. The molecule has 0 saturated heterocycles. The van der Waals surface area contributed by atoms with Crippen molar-refractivity contribution in [1.29, 1.82) is 0 Å². The lowest BCUT2D eigenvalue weighted by Crippen LogP contribution is -2.32. The molecule has 1 heterocycles. The summed E-state index contributed by atoms with van der Waals surface area (Å²) >= 11 is 0. The number of aromatic nitrogens is 2. The van der Waals surface area contributed by atoms with E-state index < -0.39 is 6.10 Å². The van der Waals surface area contributed by atoms with Crippen LogP contribution in [0.3, 0.4) is 0 Å². The summed E-state index contributed by atoms with van der Waals surface area (Å²) in [4.78, 5) is 12.0. The number of carbonyl (C=O) groups is 1. The molecule has 1 atom stereocenters. The first-order valence-corrected chi connectivity index (χ1v) is 7.82. The molecule has 2 aromatic rings. The predicted octanol–water partition coefficient (Wildman–Crippen LogP) is 2.71. The number of nitrogens with zero attached hydrogens (tertiary/aromatic N) is 2. The lowest BCUT2D eigenvalue weighted by Gasteiger charge is -2.15. The maximum Gasteiger partial charge on any atom is 0.320 e. The van der Waals surface area contributed by atoms with Gasteiger partial charge in [0.1, 0.15) is 5.82 Å². The van der Waals surface area contributed by atoms with Crippen molar-refractivity contribution in [2.75, 3.05) is 11.9 Å². The molecule has 0 aliphatic rings. The molecule has 0 saturated carbocycles. The van der Waals surface area contributed by atoms with E-state index in [1.807, 2.05) is 45.0 Å². The van der Waals surface area contributed by atoms with E-state index in [-0.39, 0.29) is 11.9 Å². The van der Waals surface area contributed by atoms with Gasteiger partial charge in [-0.1, -0.05) is 32.0 Å². The molecule has 0 radical (unpaired) electrons. The number of hydrogen-bond donors (Lipinski definition) is 3. The number of nitrogens with one attached hydrogen (secondary N) is 2. The Morgan fingerprint density at radius 1 is 1.30 bits per heavy atom. The normalized spacial score (nSPS) is 12.2. The van der Waals surface area contributed by atoms with Crippen LogP contribution in [0, 0.1) is 12.8 Å². The fraction of sp³-hybridized carbons (Fsp3) is 0.412. The Hall–Kier alpha value is -2.34. The summed E-state index contributed by atoms with van der Waals surface area (Å²) in [5.74, 6) is 0.781. The van der Waals surface area contributed by atoms with Crippen LogP contribution in [0.15, 0.2) is 36.5 Å². The van der Waals surface area contributed by atoms with Crippen LogP contribution < -0.4 is 10.6 Å². The van der Waals surface area contributed by atoms with Gasteiger partial charge >= 0.3 is 6.03 Å². The Labute approximate surface area is 136 Å². The zero-order valence-corrected chi connectivity index (χ0v) is 13.8. The molecule has 3 N–H and O–H groups in total. The molecule has 0 aliphatic heterocycles. The third-order valence-electron chi connectivity index (χ3n) is 3.72. The number of benzene rings is 1. The van der Waals surface area contributed by atoms with Crippen molar-refractivity contribution in [2.45, 2.75) is 33.3 Å². The van der Waals surface area contributed by atoms with Crippen LogP contribution in [-0.2, 0) is 0 Å². The van der Waals surface area contributed by atoms with Gasteiger partial charge in [0.15, 0.2) is 0 Å². The summed E-state index contributed by atoms with van der Waals surface area (Å²) in [5, 5.41) is 19.5. The van der Waals surface area contributed by atoms with Crippen LogP contribution in [0.1, 0.15) is 25.8 Å². The van der Waals surface area contributed by atoms with E-state index in [1.165, 1.54) is 0 Å². The van der Waals surface area contributed by atoms with Gasteiger partial charge in [-0.2, -0.15) is 5.10 Å². The number of carbonyl (C=O) groups excluding carboxylic acids is 1. The first kappa shape index (κ1) is 17.0. The van der Waals surface area contributed by atoms with Gasteiger partial charge < -0.3 is 10.4 Å². The van der Waals surface area contributed by atoms with Crippen LogP contribution >= 0.6 is 0 Å². The van der Waals surface area contributed by atoms with Crippen molar-refractivity contribution in [3.8, 4) is 5.69 Å². The summed E-state index contributed by atoms with van der Waals surface area (Å²) in [6.07, 6.45) is 1.76. The molecule has 6 nitrogen and oxygen atoms in total. The highest BCUT2D eigenvalue weighted by Gasteiger charge is 2.12. The van der Waals surface area contributed by atoms with E-state index in [0.29, 0.717) is 18.8 Å². The van der Waals surface area contributed by atoms with Crippen molar-refractivity contribution in [3.63, 3.8) is 0 Å². The fourth-order valence-electron chi connectivity index (χ4n) is 2.22. The molecule has 1 aromatic heterocycles. The summed E-state index contributed by atoms with van der Waals surface area (Å²) < 4.78 is 1.69. The fourth-order valence-corrected chi connectivity index (χ4v) is 2.22. The quantitative estimate of drug-likeness (QED) is 0.766. The van der Waals surface area contributed by atoms with Gasteiger partial charge in [0, 0.05) is 12.6 Å². The second kappa shape index (κ2) is 7.78. The van der Waals surface area contributed by atoms with E-state index in [4.69, 9.17) is 0 Å². The van der Waals surface area contributed by atoms with Crippen molar-refractivity contribution < 1.29 is 9.90 Å². The van der Waals surface area contributed by atoms with E-state index in [1.54, 1.807) is 16.9 Å². The van der Waals surface area contributed by atoms with E-state index in [9.17, 15) is 9.90 Å². The Morgan fingerprint density at radius 3 is 2.74 bits per heavy atom. The number of aryl methyl sites for hydroxylation is 1. The minimum absolute atomic E-state index is 0.183. The second-order valence-electron chi connectivity index (χ2n) is 5.90. The Morgan fingerprint density at radius 2 is 2.04 bits per heavy atom. The van der Waals surface area contributed by atoms with E-state index in [2.05, 4.69) is 15.7 Å². The largest absolute Gasteiger partial charge is 0.393 e. The van der Waals surface area contributed by atoms with Gasteiger partial charge in [-0.3, -0.25) is 5.32 Å². The molecule has 0 aliphatic carbocycles. The van der Waals surface area contributed by atoms with Gasteiger partial charge in [0.25, 0.3) is 0 Å². The zero-order chi connectivity index (χ0) is 16.8. The molecule has 1 unspecified atom stereocenters. The van der Waals surface area contributed by atoms with E-state index >= 15 is 0 Å². The smallest absolute Gasteiger partial charge is 0.320 e. The number of aliphatic hydroxyl groups excluding tert-OH is 1. The van der Waals surface area contributed by atoms with Gasteiger partial charge in [-0.15, -0.1) is 0 Å². The Kier molecular flexibility index (Phi) is 5.76. The molecular formula is C17H24N4O2. The van der Waals surface area contributed by atoms with Gasteiger partial charge in [-0.25, -0.2) is 9.48 Å². The number of rotatable bonds is 6. The number of hydrogen-bond acceptors (Lipinski definition) is 3. The average molecular weight is 316 g/mol. The predicted molar refractivity (Wildman–Crippen MR) is 90.8 cm³/mol. The van der Waals surface area contributed by atoms with Gasteiger partial charge in [0.2, 0.25) is 0 Å². The third kappa shape index (κ3) is 4.56. The van der Waals surface area contributed by atoms with Crippen LogP contribution in [0.5, 0.6) is 0 Å². The van der Waals surface area contributed by atoms with Crippen LogP contribution in [0.2, 0.25) is 0 Å². The van der Waals surface area contributed by atoms with Gasteiger partial charge in [-0.05, 0) is 30.9 Å². The molecular weight excluding hydrogens is 292 g/mol. The monoisotopic (exact) mass is 316 g/mol. The highest BCUT2D eigenvalue weighted by atomic mass is 16.3. The number of aliphatic hydroxyl groups is 1. The Balaban J connectivity index is 1.95. The molecule has 1 aromatic carbocycles. The molecule has 2 rings (SSSR count). The zero-order valence-electron chi connectivity index (χ0n) is 13.8. The molecule has 0 bridgehead atoms. The molecule has 124 valence electrons. The van der Waals surface area contributed by atoms with Crippen LogP contribution in [-0.4, -0.2) is 33.6 Å². The molecule has 2 amide bonds. The SMILES string of the molecule is Cc1ccccc1-n1nccc1NC(=O)NCCC(O)C(C)C. The first-order valence-electron chi connectivity index (χ1n) is 7.82. The lowest BCUT2D eigenvalue weighted by molar-refractivity contribution is 0.117. The maximum atomic E-state index is 12.0. The minimum atomic E-state index is -0.409. The van der Waals surface area contributed by atoms with Crippen molar-refractivity contribution in [3.05, 3.63) is 42.1 Å². The van der Waals surface area contributed by atoms with Crippen molar-refractivity contribution in [1.82, 2.24) is 15.1 Å². The van der Waals surface area contributed by atoms with Gasteiger partial charge in [0.05, 0.1) is 18.0 Å². The second-order valence-corrected chi connectivity index (χ2v) is 5.90. The third-order valence-corrected chi connectivity index (χ3v) is 3.72. The first-order chi connectivity index (χ1) is 11.0.